The van der Waals surface area contributed by atoms with Crippen LogP contribution in [-0.4, -0.2) is 76.4 Å². The van der Waals surface area contributed by atoms with E-state index in [1.165, 1.54) is 22.9 Å². The van der Waals surface area contributed by atoms with Gasteiger partial charge in [-0.15, -0.1) is 11.8 Å². The maximum absolute atomic E-state index is 14.3. The number of sulfonamides is 1. The first-order valence-corrected chi connectivity index (χ1v) is 27.1. The van der Waals surface area contributed by atoms with Gasteiger partial charge in [0.15, 0.2) is 0 Å². The molecule has 0 radical (unpaired) electrons. The van der Waals surface area contributed by atoms with Crippen LogP contribution in [0.5, 0.6) is 0 Å². The van der Waals surface area contributed by atoms with E-state index in [4.69, 9.17) is 16.3 Å². The molecule has 2 aliphatic rings. The van der Waals surface area contributed by atoms with E-state index in [-0.39, 0.29) is 24.8 Å². The molecule has 7 rings (SSSR count). The molecule has 2 aliphatic heterocycles. The predicted molar refractivity (Wildman–Crippen MR) is 266 cm³/mol. The number of likely N-dealkylation sites (tertiary alicyclic amines) is 1. The first-order chi connectivity index (χ1) is 32.2. The Labute approximate surface area is 408 Å². The van der Waals surface area contributed by atoms with E-state index in [0.29, 0.717) is 47.9 Å². The number of sulfone groups is 1. The first-order valence-electron chi connectivity index (χ1n) is 22.8. The summed E-state index contributed by atoms with van der Waals surface area (Å²) in [4.78, 5) is 16.1. The Balaban J connectivity index is 1.03. The Kier molecular flexibility index (Phi) is 16.2. The van der Waals surface area contributed by atoms with Crippen LogP contribution in [0.1, 0.15) is 76.8 Å². The molecular weight excluding hydrogens is 953 g/mol. The van der Waals surface area contributed by atoms with Gasteiger partial charge in [0, 0.05) is 59.6 Å². The SMILES string of the molecule is CC(c1ccccc1-c1ccc(Cl)cc1)C1CCN(c2ccc(CNS(=O)(=O)c3ccc(N[C@@H](CSc4ccccc4)C[C@H]4CCCN4C(=O)OC(C)(C)C)c(S(=O)(=O)C(F)(F)F)c3)cc2)CC1. The lowest BCUT2D eigenvalue weighted by molar-refractivity contribution is -0.0436. The topological polar surface area (TPSA) is 125 Å². The summed E-state index contributed by atoms with van der Waals surface area (Å²) in [5.41, 5.74) is -1.66. The zero-order chi connectivity index (χ0) is 48.9. The summed E-state index contributed by atoms with van der Waals surface area (Å²) in [5.74, 6) is 1.09. The third-order valence-corrected chi connectivity index (χ3v) is 16.9. The van der Waals surface area contributed by atoms with Crippen molar-refractivity contribution in [2.45, 2.75) is 110 Å². The minimum absolute atomic E-state index is 0.190. The van der Waals surface area contributed by atoms with Crippen LogP contribution in [0.3, 0.4) is 0 Å². The van der Waals surface area contributed by atoms with E-state index in [1.807, 2.05) is 66.7 Å². The average Bonchev–Trinajstić information content (AvgIpc) is 3.78. The summed E-state index contributed by atoms with van der Waals surface area (Å²) in [6, 6.07) is 34.8. The molecule has 10 nitrogen and oxygen atoms in total. The van der Waals surface area contributed by atoms with Gasteiger partial charge in [0.2, 0.25) is 10.0 Å². The molecule has 0 spiro atoms. The Bertz CT molecular complexity index is 2730. The number of rotatable bonds is 16. The summed E-state index contributed by atoms with van der Waals surface area (Å²) in [5, 5.41) is 3.72. The van der Waals surface area contributed by atoms with E-state index in [9.17, 15) is 34.8 Å². The second-order valence-corrected chi connectivity index (χ2v) is 23.7. The van der Waals surface area contributed by atoms with Crippen LogP contribution in [0.15, 0.2) is 136 Å². The van der Waals surface area contributed by atoms with Gasteiger partial charge in [0.1, 0.15) is 10.5 Å². The van der Waals surface area contributed by atoms with E-state index >= 15 is 0 Å². The van der Waals surface area contributed by atoms with Crippen LogP contribution < -0.4 is 14.9 Å². The molecule has 17 heteroatoms. The number of carbonyl (C=O) groups excluding carboxylic acids is 1. The summed E-state index contributed by atoms with van der Waals surface area (Å²) in [6.07, 6.45) is 3.00. The summed E-state index contributed by atoms with van der Waals surface area (Å²) in [7, 11) is -10.6. The number of nitrogens with one attached hydrogen (secondary N) is 2. The van der Waals surface area contributed by atoms with Gasteiger partial charge in [0.25, 0.3) is 9.84 Å². The Morgan fingerprint density at radius 2 is 1.50 bits per heavy atom. The van der Waals surface area contributed by atoms with Crippen LogP contribution >= 0.6 is 23.4 Å². The fourth-order valence-electron chi connectivity index (χ4n) is 8.99. The Morgan fingerprint density at radius 3 is 2.16 bits per heavy atom. The van der Waals surface area contributed by atoms with Gasteiger partial charge in [-0.2, -0.15) is 13.2 Å². The van der Waals surface area contributed by atoms with Crippen molar-refractivity contribution >= 4 is 60.7 Å². The molecule has 0 saturated carbocycles. The number of amides is 1. The van der Waals surface area contributed by atoms with Crippen molar-refractivity contribution in [2.75, 3.05) is 35.6 Å². The molecule has 364 valence electrons. The summed E-state index contributed by atoms with van der Waals surface area (Å²) >= 11 is 7.57. The van der Waals surface area contributed by atoms with E-state index < -0.39 is 58.6 Å². The number of benzene rings is 5. The van der Waals surface area contributed by atoms with Crippen molar-refractivity contribution in [1.29, 1.82) is 0 Å². The molecule has 2 saturated heterocycles. The summed E-state index contributed by atoms with van der Waals surface area (Å²) < 4.78 is 105. The predicted octanol–water partition coefficient (Wildman–Crippen LogP) is 12.2. The summed E-state index contributed by atoms with van der Waals surface area (Å²) in [6.45, 7) is 9.48. The average molecular weight is 1010 g/mol. The number of hydrogen-bond acceptors (Lipinski definition) is 9. The molecule has 5 aromatic carbocycles. The Morgan fingerprint density at radius 1 is 0.838 bits per heavy atom. The molecule has 2 N–H and O–H groups in total. The zero-order valence-electron chi connectivity index (χ0n) is 38.5. The van der Waals surface area contributed by atoms with Gasteiger partial charge in [0.05, 0.1) is 10.6 Å². The molecular formula is C51H58ClF3N4O6S3. The molecule has 68 heavy (non-hydrogen) atoms. The number of alkyl halides is 3. The maximum Gasteiger partial charge on any atom is 0.501 e. The highest BCUT2D eigenvalue weighted by Crippen LogP contribution is 2.40. The van der Waals surface area contributed by atoms with E-state index in [0.717, 1.165) is 54.2 Å². The van der Waals surface area contributed by atoms with Crippen molar-refractivity contribution < 1.29 is 39.5 Å². The number of anilines is 2. The van der Waals surface area contributed by atoms with Gasteiger partial charge in [-0.25, -0.2) is 26.4 Å². The molecule has 2 heterocycles. The largest absolute Gasteiger partial charge is 0.501 e. The zero-order valence-corrected chi connectivity index (χ0v) is 41.7. The molecule has 0 aromatic heterocycles. The second kappa shape index (κ2) is 21.5. The number of piperidine rings is 1. The highest BCUT2D eigenvalue weighted by molar-refractivity contribution is 7.99. The van der Waals surface area contributed by atoms with E-state index in [1.54, 1.807) is 37.8 Å². The van der Waals surface area contributed by atoms with Gasteiger partial charge in [-0.3, -0.25) is 0 Å². The Hall–Kier alpha value is -4.74. The second-order valence-electron chi connectivity index (χ2n) is 18.5. The van der Waals surface area contributed by atoms with Crippen molar-refractivity contribution in [3.8, 4) is 11.1 Å². The lowest BCUT2D eigenvalue weighted by atomic mass is 9.78. The van der Waals surface area contributed by atoms with Crippen LogP contribution in [0.4, 0.5) is 29.3 Å². The van der Waals surface area contributed by atoms with Crippen molar-refractivity contribution in [1.82, 2.24) is 9.62 Å². The lowest BCUT2D eigenvalue weighted by Crippen LogP contribution is -2.42. The minimum Gasteiger partial charge on any atom is -0.444 e. The number of halogens is 4. The molecule has 2 fully saturated rings. The van der Waals surface area contributed by atoms with Gasteiger partial charge >= 0.3 is 11.6 Å². The lowest BCUT2D eigenvalue weighted by Gasteiger charge is -2.37. The van der Waals surface area contributed by atoms with Crippen molar-refractivity contribution in [2.24, 2.45) is 5.92 Å². The fourth-order valence-corrected chi connectivity index (χ4v) is 12.1. The molecule has 5 aromatic rings. The number of hydrogen-bond donors (Lipinski definition) is 2. The first kappa shape index (κ1) is 51.1. The third-order valence-electron chi connectivity index (χ3n) is 12.6. The van der Waals surface area contributed by atoms with Crippen molar-refractivity contribution in [3.63, 3.8) is 0 Å². The van der Waals surface area contributed by atoms with Crippen LogP contribution in [0, 0.1) is 5.92 Å². The standard InChI is InChI=1S/C51H58ClF3N4O6S3/c1-35(45-14-8-9-15-46(45)38-18-20-39(52)21-19-38)37-26-29-58(30-27-37)41-22-16-36(17-23-41)33-56-68(63,64)44-24-25-47(48(32-44)67(61,62)51(53,54)55)57-40(34-66-43-12-6-5-7-13-43)31-42-11-10-28-59(42)49(60)65-50(2,3)4/h5-9,12-25,32,35,37,40,42,56-57H,10-11,26-31,33-34H2,1-4H3/t35?,40-,42-/m1/s1. The number of thioether (sulfide) groups is 1. The monoisotopic (exact) mass is 1010 g/mol. The van der Waals surface area contributed by atoms with Gasteiger partial charge in [-0.1, -0.05) is 85.3 Å². The quantitative estimate of drug-likeness (QED) is 0.0930. The smallest absolute Gasteiger partial charge is 0.444 e. The highest BCUT2D eigenvalue weighted by Gasteiger charge is 2.48. The maximum atomic E-state index is 14.3. The van der Waals surface area contributed by atoms with Crippen LogP contribution in [0.2, 0.25) is 5.02 Å². The highest BCUT2D eigenvalue weighted by atomic mass is 35.5. The molecule has 0 aliphatic carbocycles. The van der Waals surface area contributed by atoms with Crippen LogP contribution in [-0.2, 0) is 31.1 Å². The molecule has 1 amide bonds. The molecule has 0 bridgehead atoms. The molecule has 1 unspecified atom stereocenters. The number of ether oxygens (including phenoxy) is 1. The van der Waals surface area contributed by atoms with Gasteiger partial charge < -0.3 is 19.9 Å². The number of carbonyl (C=O) groups is 1. The van der Waals surface area contributed by atoms with Crippen LogP contribution in [0.25, 0.3) is 11.1 Å². The fraction of sp³-hybridized carbons (Fsp3) is 0.392. The van der Waals surface area contributed by atoms with E-state index in [2.05, 4.69) is 46.1 Å². The third kappa shape index (κ3) is 12.7. The van der Waals surface area contributed by atoms with Crippen molar-refractivity contribution in [3.05, 3.63) is 137 Å². The molecule has 3 atom stereocenters. The minimum atomic E-state index is -6.05. The number of nitrogens with zero attached hydrogens (tertiary/aromatic N) is 2. The normalized spacial score (nSPS) is 17.2. The van der Waals surface area contributed by atoms with Gasteiger partial charge in [-0.05, 0) is 142 Å².